The van der Waals surface area contributed by atoms with Crippen molar-refractivity contribution in [2.45, 2.75) is 38.6 Å². The summed E-state index contributed by atoms with van der Waals surface area (Å²) in [6.45, 7) is 3.39. The Morgan fingerprint density at radius 2 is 1.77 bits per heavy atom. The second kappa shape index (κ2) is 9.64. The minimum atomic E-state index is -0.271. The van der Waals surface area contributed by atoms with Crippen LogP contribution in [0.2, 0.25) is 0 Å². The smallest absolute Gasteiger partial charge is 0.409 e. The maximum Gasteiger partial charge on any atom is 0.409 e. The number of para-hydroxylation sites is 3. The highest BCUT2D eigenvalue weighted by molar-refractivity contribution is 5.79. The standard InChI is InChI=1S/C24H28N4O3/c1-2-31-24(30)27-16-14-18(15-17-27)25-23(29)13-12-22-26-20-10-6-7-11-21(20)28(22)19-8-4-3-5-9-19/h3-11,18H,2,12-17H2,1H3,(H,25,29). The highest BCUT2D eigenvalue weighted by atomic mass is 16.6. The van der Waals surface area contributed by atoms with Crippen LogP contribution < -0.4 is 5.32 Å². The first-order valence-corrected chi connectivity index (χ1v) is 10.9. The van der Waals surface area contributed by atoms with Gasteiger partial charge in [0.15, 0.2) is 0 Å². The number of carbonyl (C=O) groups is 2. The third-order valence-corrected chi connectivity index (χ3v) is 5.61. The number of likely N-dealkylation sites (tertiary alicyclic amines) is 1. The molecular weight excluding hydrogens is 392 g/mol. The summed E-state index contributed by atoms with van der Waals surface area (Å²) in [5, 5.41) is 3.12. The van der Waals surface area contributed by atoms with Crippen molar-refractivity contribution in [2.75, 3.05) is 19.7 Å². The average molecular weight is 421 g/mol. The van der Waals surface area contributed by atoms with E-state index in [0.29, 0.717) is 32.5 Å². The number of imidazole rings is 1. The molecule has 7 heteroatoms. The molecule has 1 aliphatic rings. The van der Waals surface area contributed by atoms with E-state index in [1.807, 2.05) is 36.4 Å². The van der Waals surface area contributed by atoms with Crippen LogP contribution in [0.1, 0.15) is 32.0 Å². The molecule has 31 heavy (non-hydrogen) atoms. The molecular formula is C24H28N4O3. The Kier molecular flexibility index (Phi) is 6.50. The fraction of sp³-hybridized carbons (Fsp3) is 0.375. The van der Waals surface area contributed by atoms with E-state index in [1.54, 1.807) is 11.8 Å². The molecule has 2 heterocycles. The number of hydrogen-bond acceptors (Lipinski definition) is 4. The van der Waals surface area contributed by atoms with E-state index < -0.39 is 0 Å². The molecule has 0 unspecified atom stereocenters. The van der Waals surface area contributed by atoms with E-state index in [1.165, 1.54) is 0 Å². The van der Waals surface area contributed by atoms with Gasteiger partial charge in [0.1, 0.15) is 5.82 Å². The van der Waals surface area contributed by atoms with Gasteiger partial charge in [-0.15, -0.1) is 0 Å². The summed E-state index contributed by atoms with van der Waals surface area (Å²) in [5.41, 5.74) is 3.00. The van der Waals surface area contributed by atoms with Crippen molar-refractivity contribution in [3.63, 3.8) is 0 Å². The third kappa shape index (κ3) is 4.87. The zero-order chi connectivity index (χ0) is 21.6. The van der Waals surface area contributed by atoms with Crippen LogP contribution in [0, 0.1) is 0 Å². The molecule has 1 N–H and O–H groups in total. The minimum absolute atomic E-state index is 0.0150. The average Bonchev–Trinajstić information content (AvgIpc) is 3.17. The van der Waals surface area contributed by atoms with Crippen LogP contribution in [-0.4, -0.2) is 52.2 Å². The fourth-order valence-electron chi connectivity index (χ4n) is 4.06. The number of aryl methyl sites for hydroxylation is 1. The lowest BCUT2D eigenvalue weighted by molar-refractivity contribution is -0.122. The van der Waals surface area contributed by atoms with Gasteiger partial charge in [0, 0.05) is 37.7 Å². The van der Waals surface area contributed by atoms with E-state index in [2.05, 4.69) is 28.1 Å². The predicted octanol–water partition coefficient (Wildman–Crippen LogP) is 3.70. The van der Waals surface area contributed by atoms with Gasteiger partial charge in [-0.1, -0.05) is 30.3 Å². The number of rotatable bonds is 6. The third-order valence-electron chi connectivity index (χ3n) is 5.61. The van der Waals surface area contributed by atoms with E-state index >= 15 is 0 Å². The maximum absolute atomic E-state index is 12.6. The summed E-state index contributed by atoms with van der Waals surface area (Å²) >= 11 is 0. The molecule has 0 radical (unpaired) electrons. The number of hydrogen-bond donors (Lipinski definition) is 1. The molecule has 1 aliphatic heterocycles. The minimum Gasteiger partial charge on any atom is -0.450 e. The molecule has 2 amide bonds. The number of carbonyl (C=O) groups excluding carboxylic acids is 2. The Morgan fingerprint density at radius 1 is 1.06 bits per heavy atom. The van der Waals surface area contributed by atoms with Gasteiger partial charge in [0.2, 0.25) is 5.91 Å². The van der Waals surface area contributed by atoms with Crippen molar-refractivity contribution in [1.29, 1.82) is 0 Å². The number of aromatic nitrogens is 2. The second-order valence-electron chi connectivity index (χ2n) is 7.72. The number of ether oxygens (including phenoxy) is 1. The Morgan fingerprint density at radius 3 is 2.52 bits per heavy atom. The van der Waals surface area contributed by atoms with Crippen LogP contribution in [0.25, 0.3) is 16.7 Å². The number of nitrogens with zero attached hydrogens (tertiary/aromatic N) is 3. The molecule has 7 nitrogen and oxygen atoms in total. The van der Waals surface area contributed by atoms with Crippen LogP contribution >= 0.6 is 0 Å². The Hall–Kier alpha value is -3.35. The van der Waals surface area contributed by atoms with Crippen molar-refractivity contribution < 1.29 is 14.3 Å². The molecule has 4 rings (SSSR count). The second-order valence-corrected chi connectivity index (χ2v) is 7.72. The molecule has 0 saturated carbocycles. The summed E-state index contributed by atoms with van der Waals surface area (Å²) in [6.07, 6.45) is 2.14. The fourth-order valence-corrected chi connectivity index (χ4v) is 4.06. The topological polar surface area (TPSA) is 76.5 Å². The number of amides is 2. The maximum atomic E-state index is 12.6. The monoisotopic (exact) mass is 420 g/mol. The molecule has 0 atom stereocenters. The molecule has 0 spiro atoms. The van der Waals surface area contributed by atoms with Gasteiger partial charge in [-0.25, -0.2) is 9.78 Å². The normalized spacial score (nSPS) is 14.5. The molecule has 3 aromatic rings. The predicted molar refractivity (Wildman–Crippen MR) is 119 cm³/mol. The Bertz CT molecular complexity index is 1040. The quantitative estimate of drug-likeness (QED) is 0.660. The van der Waals surface area contributed by atoms with Gasteiger partial charge >= 0.3 is 6.09 Å². The largest absolute Gasteiger partial charge is 0.450 e. The van der Waals surface area contributed by atoms with Crippen molar-refractivity contribution in [2.24, 2.45) is 0 Å². The number of piperidine rings is 1. The number of benzene rings is 2. The van der Waals surface area contributed by atoms with Gasteiger partial charge in [-0.05, 0) is 44.0 Å². The lowest BCUT2D eigenvalue weighted by Gasteiger charge is -2.31. The lowest BCUT2D eigenvalue weighted by atomic mass is 10.1. The molecule has 162 valence electrons. The van der Waals surface area contributed by atoms with Crippen LogP contribution in [0.5, 0.6) is 0 Å². The summed E-state index contributed by atoms with van der Waals surface area (Å²) in [4.78, 5) is 30.9. The van der Waals surface area contributed by atoms with Crippen molar-refractivity contribution >= 4 is 23.0 Å². The Balaban J connectivity index is 1.38. The molecule has 0 bridgehead atoms. The Labute approximate surface area is 182 Å². The first-order valence-electron chi connectivity index (χ1n) is 10.9. The van der Waals surface area contributed by atoms with Gasteiger partial charge in [-0.2, -0.15) is 0 Å². The van der Waals surface area contributed by atoms with Gasteiger partial charge < -0.3 is 15.0 Å². The molecule has 1 fully saturated rings. The highest BCUT2D eigenvalue weighted by Crippen LogP contribution is 2.22. The van der Waals surface area contributed by atoms with Crippen molar-refractivity contribution in [3.8, 4) is 5.69 Å². The summed E-state index contributed by atoms with van der Waals surface area (Å²) in [7, 11) is 0. The van der Waals surface area contributed by atoms with Crippen LogP contribution in [-0.2, 0) is 16.0 Å². The van der Waals surface area contributed by atoms with Crippen molar-refractivity contribution in [3.05, 3.63) is 60.4 Å². The zero-order valence-electron chi connectivity index (χ0n) is 17.8. The highest BCUT2D eigenvalue weighted by Gasteiger charge is 2.24. The molecule has 2 aromatic carbocycles. The van der Waals surface area contributed by atoms with Gasteiger partial charge in [0.05, 0.1) is 17.6 Å². The first-order chi connectivity index (χ1) is 15.2. The number of fused-ring (bicyclic) bond motifs is 1. The van der Waals surface area contributed by atoms with Crippen LogP contribution in [0.15, 0.2) is 54.6 Å². The zero-order valence-corrected chi connectivity index (χ0v) is 17.8. The van der Waals surface area contributed by atoms with Crippen molar-refractivity contribution in [1.82, 2.24) is 19.8 Å². The summed E-state index contributed by atoms with van der Waals surface area (Å²) < 4.78 is 7.17. The van der Waals surface area contributed by atoms with Gasteiger partial charge in [-0.3, -0.25) is 9.36 Å². The van der Waals surface area contributed by atoms with E-state index in [4.69, 9.17) is 9.72 Å². The van der Waals surface area contributed by atoms with Gasteiger partial charge in [0.25, 0.3) is 0 Å². The summed E-state index contributed by atoms with van der Waals surface area (Å²) in [5.74, 6) is 0.890. The number of nitrogens with one attached hydrogen (secondary N) is 1. The molecule has 1 saturated heterocycles. The lowest BCUT2D eigenvalue weighted by Crippen LogP contribution is -2.46. The summed E-state index contributed by atoms with van der Waals surface area (Å²) in [6, 6.07) is 18.2. The van der Waals surface area contributed by atoms with E-state index in [9.17, 15) is 9.59 Å². The van der Waals surface area contributed by atoms with Crippen LogP contribution in [0.4, 0.5) is 4.79 Å². The van der Waals surface area contributed by atoms with Crippen LogP contribution in [0.3, 0.4) is 0 Å². The first kappa shape index (κ1) is 20.9. The molecule has 1 aromatic heterocycles. The SMILES string of the molecule is CCOC(=O)N1CCC(NC(=O)CCc2nc3ccccc3n2-c2ccccc2)CC1. The molecule has 0 aliphatic carbocycles. The van der Waals surface area contributed by atoms with E-state index in [0.717, 1.165) is 35.4 Å². The van der Waals surface area contributed by atoms with E-state index in [-0.39, 0.29) is 18.0 Å².